The molecule has 7 heteroatoms. The van der Waals surface area contributed by atoms with E-state index in [2.05, 4.69) is 53.4 Å². The second kappa shape index (κ2) is 10.3. The maximum Gasteiger partial charge on any atom is 0.175 e. The lowest BCUT2D eigenvalue weighted by Gasteiger charge is -2.42. The van der Waals surface area contributed by atoms with Crippen LogP contribution in [0.1, 0.15) is 56.6 Å². The average Bonchev–Trinajstić information content (AvgIpc) is 3.29. The third-order valence-corrected chi connectivity index (χ3v) is 9.16. The van der Waals surface area contributed by atoms with E-state index in [0.717, 1.165) is 28.9 Å². The number of hydrogen-bond acceptors (Lipinski definition) is 5. The molecule has 0 aliphatic carbocycles. The largest absolute Gasteiger partial charge is 0.306 e. The fraction of sp³-hybridized carbons (Fsp3) is 0.552. The molecule has 2 aromatic heterocycles. The lowest BCUT2D eigenvalue weighted by atomic mass is 9.88. The Morgan fingerprint density at radius 2 is 1.64 bits per heavy atom. The second-order valence-electron chi connectivity index (χ2n) is 11.3. The number of sulfone groups is 1. The first-order valence-electron chi connectivity index (χ1n) is 13.4. The molecule has 4 heterocycles. The van der Waals surface area contributed by atoms with Crippen molar-refractivity contribution in [1.82, 2.24) is 19.2 Å². The van der Waals surface area contributed by atoms with E-state index >= 15 is 0 Å². The van der Waals surface area contributed by atoms with E-state index in [1.807, 2.05) is 12.1 Å². The number of aryl methyl sites for hydroxylation is 1. The maximum absolute atomic E-state index is 11.8. The minimum atomic E-state index is -3.20. The first-order valence-corrected chi connectivity index (χ1v) is 15.3. The topological polar surface area (TPSA) is 57.9 Å². The number of hydrogen-bond donors (Lipinski definition) is 0. The highest BCUT2D eigenvalue weighted by Gasteiger charge is 2.29. The zero-order chi connectivity index (χ0) is 25.4. The van der Waals surface area contributed by atoms with Gasteiger partial charge in [0.1, 0.15) is 5.65 Å². The smallest absolute Gasteiger partial charge is 0.175 e. The predicted octanol–water partition coefficient (Wildman–Crippen LogP) is 5.01. The summed E-state index contributed by atoms with van der Waals surface area (Å²) in [7, 11) is -3.20. The van der Waals surface area contributed by atoms with Gasteiger partial charge in [0.25, 0.3) is 0 Å². The Balaban J connectivity index is 1.25. The summed E-state index contributed by atoms with van der Waals surface area (Å²) in [4.78, 5) is 10.6. The van der Waals surface area contributed by atoms with Crippen molar-refractivity contribution in [3.63, 3.8) is 0 Å². The van der Waals surface area contributed by atoms with Gasteiger partial charge in [-0.2, -0.15) is 0 Å². The lowest BCUT2D eigenvalue weighted by molar-refractivity contribution is 0.0828. The highest BCUT2D eigenvalue weighted by Crippen LogP contribution is 2.32. The number of likely N-dealkylation sites (tertiary alicyclic amines) is 2. The maximum atomic E-state index is 11.8. The van der Waals surface area contributed by atoms with Gasteiger partial charge in [-0.3, -0.25) is 0 Å². The van der Waals surface area contributed by atoms with Gasteiger partial charge >= 0.3 is 0 Å². The molecule has 194 valence electrons. The molecule has 0 spiro atoms. The minimum absolute atomic E-state index is 0.334. The zero-order valence-corrected chi connectivity index (χ0v) is 23.0. The van der Waals surface area contributed by atoms with Crippen molar-refractivity contribution in [3.05, 3.63) is 53.9 Å². The quantitative estimate of drug-likeness (QED) is 0.468. The van der Waals surface area contributed by atoms with Crippen LogP contribution < -0.4 is 0 Å². The van der Waals surface area contributed by atoms with Gasteiger partial charge in [-0.25, -0.2) is 13.4 Å². The molecule has 0 atom stereocenters. The number of imidazole rings is 1. The summed E-state index contributed by atoms with van der Waals surface area (Å²) >= 11 is 0. The van der Waals surface area contributed by atoms with Crippen molar-refractivity contribution < 1.29 is 8.42 Å². The molecule has 3 aromatic rings. The Morgan fingerprint density at radius 1 is 0.972 bits per heavy atom. The molecule has 2 aliphatic rings. The summed E-state index contributed by atoms with van der Waals surface area (Å²) in [5.41, 5.74) is 5.36. The van der Waals surface area contributed by atoms with Gasteiger partial charge in [0.05, 0.1) is 10.6 Å². The Hall–Kier alpha value is -2.22. The molecule has 36 heavy (non-hydrogen) atoms. The Labute approximate surface area is 216 Å². The molecule has 0 bridgehead atoms. The van der Waals surface area contributed by atoms with Crippen LogP contribution in [0.3, 0.4) is 0 Å². The van der Waals surface area contributed by atoms with Gasteiger partial charge in [-0.1, -0.05) is 32.0 Å². The van der Waals surface area contributed by atoms with Crippen molar-refractivity contribution in [2.75, 3.05) is 39.0 Å². The van der Waals surface area contributed by atoms with Gasteiger partial charge in [0.2, 0.25) is 0 Å². The number of aromatic nitrogens is 2. The molecule has 5 rings (SSSR count). The van der Waals surface area contributed by atoms with E-state index in [1.165, 1.54) is 75.8 Å². The third kappa shape index (κ3) is 5.53. The van der Waals surface area contributed by atoms with E-state index in [1.54, 1.807) is 12.1 Å². The third-order valence-electron chi connectivity index (χ3n) is 8.03. The number of piperidine rings is 2. The molecular weight excluding hydrogens is 468 g/mol. The van der Waals surface area contributed by atoms with Gasteiger partial charge in [-0.05, 0) is 93.9 Å². The molecule has 6 nitrogen and oxygen atoms in total. The average molecular weight is 509 g/mol. The van der Waals surface area contributed by atoms with Gasteiger partial charge < -0.3 is 14.2 Å². The number of pyridine rings is 1. The molecule has 1 aromatic carbocycles. The summed E-state index contributed by atoms with van der Waals surface area (Å²) < 4.78 is 25.7. The summed E-state index contributed by atoms with van der Waals surface area (Å²) in [5, 5.41) is 0. The molecule has 2 aliphatic heterocycles. The highest BCUT2D eigenvalue weighted by atomic mass is 32.2. The summed E-state index contributed by atoms with van der Waals surface area (Å²) in [6.45, 7) is 12.9. The molecule has 0 saturated carbocycles. The van der Waals surface area contributed by atoms with Crippen LogP contribution in [0, 0.1) is 12.8 Å². The monoisotopic (exact) mass is 508 g/mol. The van der Waals surface area contributed by atoms with E-state index < -0.39 is 9.84 Å². The Morgan fingerprint density at radius 3 is 2.25 bits per heavy atom. The van der Waals surface area contributed by atoms with Gasteiger partial charge in [-0.15, -0.1) is 0 Å². The van der Waals surface area contributed by atoms with Crippen LogP contribution in [0.5, 0.6) is 0 Å². The molecule has 0 N–H and O–H groups in total. The predicted molar refractivity (Wildman–Crippen MR) is 146 cm³/mol. The number of fused-ring (bicyclic) bond motifs is 1. The van der Waals surface area contributed by atoms with Crippen molar-refractivity contribution in [2.24, 2.45) is 5.92 Å². The van der Waals surface area contributed by atoms with Crippen molar-refractivity contribution in [1.29, 1.82) is 0 Å². The normalized spacial score (nSPS) is 19.5. The molecule has 0 unspecified atom stereocenters. The van der Waals surface area contributed by atoms with Crippen LogP contribution in [-0.2, 0) is 9.84 Å². The first-order chi connectivity index (χ1) is 17.2. The van der Waals surface area contributed by atoms with Crippen LogP contribution in [0.2, 0.25) is 0 Å². The Kier molecular flexibility index (Phi) is 7.25. The van der Waals surface area contributed by atoms with Crippen LogP contribution in [0.15, 0.2) is 47.6 Å². The Bertz CT molecular complexity index is 1300. The molecule has 0 radical (unpaired) electrons. The van der Waals surface area contributed by atoms with Crippen LogP contribution in [0.4, 0.5) is 0 Å². The number of nitrogens with zero attached hydrogens (tertiary/aromatic N) is 4. The molecule has 2 fully saturated rings. The van der Waals surface area contributed by atoms with Crippen molar-refractivity contribution in [3.8, 4) is 11.3 Å². The second-order valence-corrected chi connectivity index (χ2v) is 13.4. The summed E-state index contributed by atoms with van der Waals surface area (Å²) in [6, 6.07) is 10.1. The molecule has 0 amide bonds. The highest BCUT2D eigenvalue weighted by molar-refractivity contribution is 7.90. The number of rotatable bonds is 6. The van der Waals surface area contributed by atoms with E-state index in [-0.39, 0.29) is 0 Å². The van der Waals surface area contributed by atoms with Crippen molar-refractivity contribution >= 4 is 15.5 Å². The van der Waals surface area contributed by atoms with E-state index in [4.69, 9.17) is 4.98 Å². The van der Waals surface area contributed by atoms with E-state index in [9.17, 15) is 8.42 Å². The summed E-state index contributed by atoms with van der Waals surface area (Å²) in [5.74, 6) is 1.34. The van der Waals surface area contributed by atoms with Gasteiger partial charge in [0.15, 0.2) is 9.84 Å². The standard InChI is InChI=1S/C29H40N4O2S/c1-21(2)18-31-13-11-26(12-14-31)32-15-9-23(10-16-32)25-17-22(3)29-30-28(20-33(29)19-25)24-5-7-27(8-6-24)36(4,34)35/h5-8,17,19-21,23,26H,9-16,18H2,1-4H3. The molecular formula is C29H40N4O2S. The SMILES string of the molecule is Cc1cc(C2CCN(C3CCN(CC(C)C)CC3)CC2)cn2cc(-c3ccc(S(C)(=O)=O)cc3)nc12. The zero-order valence-electron chi connectivity index (χ0n) is 22.2. The lowest BCUT2D eigenvalue weighted by Crippen LogP contribution is -2.48. The number of benzene rings is 1. The fourth-order valence-electron chi connectivity index (χ4n) is 6.11. The van der Waals surface area contributed by atoms with Crippen LogP contribution >= 0.6 is 0 Å². The fourth-order valence-corrected chi connectivity index (χ4v) is 6.74. The van der Waals surface area contributed by atoms with Crippen LogP contribution in [-0.4, -0.2) is 72.6 Å². The van der Waals surface area contributed by atoms with Crippen LogP contribution in [0.25, 0.3) is 16.9 Å². The van der Waals surface area contributed by atoms with Crippen molar-refractivity contribution in [2.45, 2.75) is 63.3 Å². The first kappa shape index (κ1) is 25.4. The minimum Gasteiger partial charge on any atom is -0.306 e. The van der Waals surface area contributed by atoms with Gasteiger partial charge in [0, 0.05) is 36.8 Å². The summed E-state index contributed by atoms with van der Waals surface area (Å²) in [6.07, 6.45) is 10.6. The molecule has 2 saturated heterocycles. The van der Waals surface area contributed by atoms with E-state index in [0.29, 0.717) is 10.8 Å².